The second kappa shape index (κ2) is 11.8. The second-order valence-corrected chi connectivity index (χ2v) is 13.6. The van der Waals surface area contributed by atoms with Crippen LogP contribution in [0.25, 0.3) is 0 Å². The Hall–Kier alpha value is -3.05. The lowest BCUT2D eigenvalue weighted by Gasteiger charge is -2.31. The van der Waals surface area contributed by atoms with Crippen molar-refractivity contribution in [1.82, 2.24) is 10.0 Å². The number of Topliss-reactive ketones (excluding diaryl/α,β-unsaturated/α-hetero) is 1. The van der Waals surface area contributed by atoms with Crippen molar-refractivity contribution in [3.05, 3.63) is 99.5 Å². The Morgan fingerprint density at radius 3 is 2.02 bits per heavy atom. The molecular weight excluding hydrogens is 727 g/mol. The van der Waals surface area contributed by atoms with Crippen LogP contribution in [0.15, 0.2) is 72.8 Å². The Kier molecular flexibility index (Phi) is 8.23. The van der Waals surface area contributed by atoms with Crippen LogP contribution in [-0.2, 0) is 9.59 Å². The fourth-order valence-electron chi connectivity index (χ4n) is 6.28. The standard InChI is InChI=1S/C31H22Br2Cl2N2O6/c32-26-20-13-21(27(26)33)25-24(20)29(40)37(30(25)41)36(28(39)19-11-8-17(34)12-22(19)35)14-23(38)15-6-9-18(10-7-15)43-31(42)16-4-2-1-3-5-16/h1-12,20-21,24-27H,13-14H2/t20-,21-,24-,25-,26-,27+/m1/s1. The average Bonchev–Trinajstić information content (AvgIpc) is 3.61. The van der Waals surface area contributed by atoms with Crippen LogP contribution in [0.5, 0.6) is 5.75 Å². The van der Waals surface area contributed by atoms with Gasteiger partial charge in [-0.1, -0.05) is 73.3 Å². The van der Waals surface area contributed by atoms with Crippen LogP contribution in [0.2, 0.25) is 10.0 Å². The molecule has 3 fully saturated rings. The summed E-state index contributed by atoms with van der Waals surface area (Å²) in [5.41, 5.74) is 0.535. The maximum Gasteiger partial charge on any atom is 0.343 e. The highest BCUT2D eigenvalue weighted by molar-refractivity contribution is 9.12. The Bertz CT molecular complexity index is 1620. The van der Waals surface area contributed by atoms with E-state index >= 15 is 0 Å². The highest BCUT2D eigenvalue weighted by atomic mass is 79.9. The summed E-state index contributed by atoms with van der Waals surface area (Å²) >= 11 is 19.7. The van der Waals surface area contributed by atoms with Gasteiger partial charge >= 0.3 is 5.97 Å². The number of esters is 1. The van der Waals surface area contributed by atoms with Crippen LogP contribution in [0.4, 0.5) is 0 Å². The largest absolute Gasteiger partial charge is 0.423 e. The molecule has 2 bridgehead atoms. The van der Waals surface area contributed by atoms with E-state index in [1.54, 1.807) is 30.3 Å². The van der Waals surface area contributed by atoms with Gasteiger partial charge in [-0.3, -0.25) is 19.2 Å². The molecule has 3 aromatic carbocycles. The number of fused-ring (bicyclic) bond motifs is 5. The van der Waals surface area contributed by atoms with Gasteiger partial charge < -0.3 is 4.74 Å². The van der Waals surface area contributed by atoms with Gasteiger partial charge in [-0.25, -0.2) is 9.80 Å². The number of hydrazine groups is 1. The first-order valence-electron chi connectivity index (χ1n) is 13.4. The number of nitrogens with zero attached hydrogens (tertiary/aromatic N) is 2. The molecule has 2 aliphatic carbocycles. The quantitative estimate of drug-likeness (QED) is 0.0935. The van der Waals surface area contributed by atoms with Gasteiger partial charge in [0.15, 0.2) is 5.78 Å². The van der Waals surface area contributed by atoms with E-state index in [-0.39, 0.29) is 43.4 Å². The number of ether oxygens (including phenoxy) is 1. The van der Waals surface area contributed by atoms with Crippen molar-refractivity contribution in [3.8, 4) is 5.75 Å². The molecule has 1 saturated heterocycles. The highest BCUT2D eigenvalue weighted by Crippen LogP contribution is 2.60. The first-order valence-corrected chi connectivity index (χ1v) is 16.0. The van der Waals surface area contributed by atoms with Gasteiger partial charge in [0.25, 0.3) is 17.7 Å². The van der Waals surface area contributed by atoms with Gasteiger partial charge in [-0.15, -0.1) is 0 Å². The topological polar surface area (TPSA) is 101 Å². The van der Waals surface area contributed by atoms with Gasteiger partial charge in [-0.05, 0) is 72.9 Å². The van der Waals surface area contributed by atoms with Crippen molar-refractivity contribution in [1.29, 1.82) is 0 Å². The van der Waals surface area contributed by atoms with Gasteiger partial charge in [0.2, 0.25) is 0 Å². The minimum absolute atomic E-state index is 0.00134. The van der Waals surface area contributed by atoms with Crippen molar-refractivity contribution in [3.63, 3.8) is 0 Å². The minimum atomic E-state index is -0.789. The lowest BCUT2D eigenvalue weighted by molar-refractivity contribution is -0.154. The van der Waals surface area contributed by atoms with E-state index in [0.29, 0.717) is 17.0 Å². The van der Waals surface area contributed by atoms with Gasteiger partial charge in [0, 0.05) is 20.2 Å². The van der Waals surface area contributed by atoms with Crippen molar-refractivity contribution in [2.45, 2.75) is 16.1 Å². The zero-order chi connectivity index (χ0) is 30.6. The molecule has 3 aromatic rings. The fourth-order valence-corrected chi connectivity index (χ4v) is 8.65. The van der Waals surface area contributed by atoms with Crippen LogP contribution < -0.4 is 4.74 Å². The monoisotopic (exact) mass is 746 g/mol. The summed E-state index contributed by atoms with van der Waals surface area (Å²) in [4.78, 5) is 67.4. The molecule has 8 nitrogen and oxygen atoms in total. The fraction of sp³-hybridized carbons (Fsp3) is 0.258. The average molecular weight is 749 g/mol. The zero-order valence-corrected chi connectivity index (χ0v) is 26.8. The van der Waals surface area contributed by atoms with Crippen LogP contribution >= 0.6 is 55.1 Å². The van der Waals surface area contributed by atoms with Crippen molar-refractivity contribution in [2.75, 3.05) is 6.54 Å². The van der Waals surface area contributed by atoms with E-state index in [9.17, 15) is 24.0 Å². The van der Waals surface area contributed by atoms with Gasteiger partial charge in [0.05, 0.1) is 28.0 Å². The van der Waals surface area contributed by atoms with Gasteiger partial charge in [0.1, 0.15) is 12.3 Å². The molecule has 3 aliphatic rings. The smallest absolute Gasteiger partial charge is 0.343 e. The summed E-state index contributed by atoms with van der Waals surface area (Å²) in [5, 5.41) is 2.03. The summed E-state index contributed by atoms with van der Waals surface area (Å²) in [7, 11) is 0. The second-order valence-electron chi connectivity index (χ2n) is 10.7. The molecule has 1 heterocycles. The number of carbonyl (C=O) groups excluding carboxylic acids is 5. The van der Waals surface area contributed by atoms with E-state index in [4.69, 9.17) is 27.9 Å². The number of rotatable bonds is 7. The first kappa shape index (κ1) is 30.0. The van der Waals surface area contributed by atoms with E-state index in [0.717, 1.165) is 10.0 Å². The van der Waals surface area contributed by atoms with Crippen molar-refractivity contribution >= 4 is 84.5 Å². The third-order valence-electron chi connectivity index (χ3n) is 8.29. The number of benzene rings is 3. The summed E-state index contributed by atoms with van der Waals surface area (Å²) in [6, 6.07) is 18.5. The summed E-state index contributed by atoms with van der Waals surface area (Å²) in [6.07, 6.45) is 0.712. The third kappa shape index (κ3) is 5.32. The molecule has 6 rings (SSSR count). The maximum atomic E-state index is 13.9. The van der Waals surface area contributed by atoms with E-state index in [1.165, 1.54) is 42.5 Å². The number of hydrogen-bond acceptors (Lipinski definition) is 6. The predicted molar refractivity (Wildman–Crippen MR) is 166 cm³/mol. The molecule has 6 atom stereocenters. The minimum Gasteiger partial charge on any atom is -0.423 e. The third-order valence-corrected chi connectivity index (χ3v) is 12.0. The molecule has 0 N–H and O–H groups in total. The van der Waals surface area contributed by atoms with Crippen LogP contribution in [0, 0.1) is 23.7 Å². The highest BCUT2D eigenvalue weighted by Gasteiger charge is 2.67. The van der Waals surface area contributed by atoms with Crippen LogP contribution in [0.3, 0.4) is 0 Å². The van der Waals surface area contributed by atoms with Crippen LogP contribution in [0.1, 0.15) is 37.5 Å². The molecule has 1 aliphatic heterocycles. The Labute approximate surface area is 273 Å². The molecule has 0 unspecified atom stereocenters. The van der Waals surface area contributed by atoms with Crippen LogP contribution in [-0.4, -0.2) is 55.7 Å². The zero-order valence-electron chi connectivity index (χ0n) is 22.2. The number of carbonyl (C=O) groups is 5. The number of hydrogen-bond donors (Lipinski definition) is 0. The summed E-state index contributed by atoms with van der Waals surface area (Å²) in [5.74, 6) is -4.06. The molecule has 12 heteroatoms. The molecule has 0 aromatic heterocycles. The maximum absolute atomic E-state index is 13.9. The summed E-state index contributed by atoms with van der Waals surface area (Å²) in [6.45, 7) is -0.608. The SMILES string of the molecule is O=C(CN(C(=O)c1ccc(Cl)cc1Cl)N1C(=O)[C@@H]2[C@H]3C[C@@H]([C@@H](Br)[C@H]3Br)[C@H]2C1=O)c1ccc(OC(=O)c2ccccc2)cc1. The Morgan fingerprint density at radius 1 is 0.837 bits per heavy atom. The molecule has 0 radical (unpaired) electrons. The molecule has 2 saturated carbocycles. The molecule has 3 amide bonds. The molecule has 43 heavy (non-hydrogen) atoms. The Morgan fingerprint density at radius 2 is 1.44 bits per heavy atom. The van der Waals surface area contributed by atoms with E-state index in [2.05, 4.69) is 31.9 Å². The molecular formula is C31H22Br2Cl2N2O6. The number of alkyl halides is 2. The van der Waals surface area contributed by atoms with Crippen molar-refractivity contribution < 1.29 is 28.7 Å². The van der Waals surface area contributed by atoms with Gasteiger partial charge in [-0.2, -0.15) is 5.01 Å². The number of ketones is 1. The lowest BCUT2D eigenvalue weighted by Crippen LogP contribution is -2.52. The lowest BCUT2D eigenvalue weighted by atomic mass is 9.81. The number of imide groups is 1. The van der Waals surface area contributed by atoms with E-state index in [1.807, 2.05) is 0 Å². The molecule has 220 valence electrons. The number of amides is 3. The Balaban J connectivity index is 1.27. The number of halogens is 4. The summed E-state index contributed by atoms with van der Waals surface area (Å²) < 4.78 is 5.38. The molecule has 0 spiro atoms. The van der Waals surface area contributed by atoms with Crippen molar-refractivity contribution in [2.24, 2.45) is 23.7 Å². The van der Waals surface area contributed by atoms with E-state index < -0.39 is 47.9 Å². The normalized spacial score (nSPS) is 25.5. The predicted octanol–water partition coefficient (Wildman–Crippen LogP) is 6.23. The first-order chi connectivity index (χ1) is 20.6.